The lowest BCUT2D eigenvalue weighted by atomic mass is 10.1. The molecule has 0 fully saturated rings. The van der Waals surface area contributed by atoms with Crippen LogP contribution in [0.4, 0.5) is 0 Å². The second kappa shape index (κ2) is 4.41. The van der Waals surface area contributed by atoms with Gasteiger partial charge >= 0.3 is 0 Å². The van der Waals surface area contributed by atoms with Gasteiger partial charge in [0.15, 0.2) is 0 Å². The summed E-state index contributed by atoms with van der Waals surface area (Å²) in [6, 6.07) is 7.54. The number of nitrogens with zero attached hydrogens (tertiary/aromatic N) is 2. The Morgan fingerprint density at radius 2 is 2.12 bits per heavy atom. The molecule has 0 bridgehead atoms. The van der Waals surface area contributed by atoms with Crippen LogP contribution in [0.2, 0.25) is 0 Å². The van der Waals surface area contributed by atoms with Crippen LogP contribution in [0.25, 0.3) is 11.4 Å². The molecule has 0 radical (unpaired) electrons. The monoisotopic (exact) mass is 229 g/mol. The first kappa shape index (κ1) is 11.4. The smallest absolute Gasteiger partial charge is 0.240 e. The third-order valence-electron chi connectivity index (χ3n) is 2.88. The minimum absolute atomic E-state index is 0.363. The van der Waals surface area contributed by atoms with Crippen LogP contribution in [-0.2, 0) is 4.79 Å². The molecular formula is C13H15N3O. The molecule has 1 aromatic carbocycles. The molecule has 17 heavy (non-hydrogen) atoms. The fourth-order valence-corrected chi connectivity index (χ4v) is 1.80. The highest BCUT2D eigenvalue weighted by molar-refractivity contribution is 5.79. The van der Waals surface area contributed by atoms with Crippen molar-refractivity contribution in [1.29, 1.82) is 0 Å². The molecule has 0 aliphatic rings. The topological polar surface area (TPSA) is 60.9 Å². The number of nitrogens with two attached hydrogens (primary N) is 1. The zero-order valence-electron chi connectivity index (χ0n) is 9.92. The number of imidazole rings is 1. The summed E-state index contributed by atoms with van der Waals surface area (Å²) in [6.07, 6.45) is 3.46. The van der Waals surface area contributed by atoms with Gasteiger partial charge in [0.1, 0.15) is 11.9 Å². The third kappa shape index (κ3) is 2.06. The van der Waals surface area contributed by atoms with Gasteiger partial charge in [0.2, 0.25) is 5.91 Å². The number of primary amides is 1. The Morgan fingerprint density at radius 3 is 2.76 bits per heavy atom. The predicted octanol–water partition coefficient (Wildman–Crippen LogP) is 1.90. The molecule has 0 saturated carbocycles. The van der Waals surface area contributed by atoms with E-state index in [1.54, 1.807) is 23.9 Å². The number of hydrogen-bond acceptors (Lipinski definition) is 2. The molecule has 0 aliphatic carbocycles. The summed E-state index contributed by atoms with van der Waals surface area (Å²) in [6.45, 7) is 3.79. The Hall–Kier alpha value is -2.10. The van der Waals surface area contributed by atoms with E-state index in [1.807, 2.05) is 31.2 Å². The molecule has 1 amide bonds. The molecule has 4 nitrogen and oxygen atoms in total. The molecule has 2 aromatic rings. The van der Waals surface area contributed by atoms with Crippen LogP contribution in [0.3, 0.4) is 0 Å². The number of aromatic nitrogens is 2. The van der Waals surface area contributed by atoms with Crippen LogP contribution in [0.1, 0.15) is 18.5 Å². The molecule has 1 atom stereocenters. The van der Waals surface area contributed by atoms with Gasteiger partial charge in [-0.3, -0.25) is 4.79 Å². The molecule has 4 heteroatoms. The van der Waals surface area contributed by atoms with Crippen molar-refractivity contribution in [1.82, 2.24) is 9.55 Å². The van der Waals surface area contributed by atoms with E-state index in [0.717, 1.165) is 17.0 Å². The largest absolute Gasteiger partial charge is 0.368 e. The van der Waals surface area contributed by atoms with Crippen LogP contribution >= 0.6 is 0 Å². The summed E-state index contributed by atoms with van der Waals surface area (Å²) < 4.78 is 1.80. The maximum atomic E-state index is 11.2. The van der Waals surface area contributed by atoms with Crippen LogP contribution in [-0.4, -0.2) is 15.5 Å². The summed E-state index contributed by atoms with van der Waals surface area (Å²) in [5, 5.41) is 0. The molecule has 1 aromatic heterocycles. The van der Waals surface area contributed by atoms with E-state index in [-0.39, 0.29) is 5.91 Å². The Bertz CT molecular complexity index is 545. The van der Waals surface area contributed by atoms with Crippen molar-refractivity contribution in [3.63, 3.8) is 0 Å². The van der Waals surface area contributed by atoms with E-state index in [2.05, 4.69) is 4.98 Å². The molecule has 88 valence electrons. The minimum Gasteiger partial charge on any atom is -0.368 e. The van der Waals surface area contributed by atoms with Gasteiger partial charge in [0.25, 0.3) is 0 Å². The van der Waals surface area contributed by atoms with Crippen molar-refractivity contribution in [3.8, 4) is 11.4 Å². The summed E-state index contributed by atoms with van der Waals surface area (Å²) in [4.78, 5) is 15.5. The maximum absolute atomic E-state index is 11.2. The average Bonchev–Trinajstić information content (AvgIpc) is 2.77. The normalized spacial score (nSPS) is 12.4. The SMILES string of the molecule is Cc1ccccc1-c1nccn1C(C)C(N)=O. The molecule has 2 N–H and O–H groups in total. The fraction of sp³-hybridized carbons (Fsp3) is 0.231. The zero-order valence-corrected chi connectivity index (χ0v) is 9.92. The first-order chi connectivity index (χ1) is 8.11. The molecular weight excluding hydrogens is 214 g/mol. The maximum Gasteiger partial charge on any atom is 0.240 e. The van der Waals surface area contributed by atoms with Gasteiger partial charge in [-0.15, -0.1) is 0 Å². The van der Waals surface area contributed by atoms with Gasteiger partial charge in [-0.1, -0.05) is 24.3 Å². The Kier molecular flexibility index (Phi) is 2.95. The molecule has 1 unspecified atom stereocenters. The van der Waals surface area contributed by atoms with E-state index >= 15 is 0 Å². The Morgan fingerprint density at radius 1 is 1.41 bits per heavy atom. The molecule has 2 rings (SSSR count). The Labute approximate surface area is 100 Å². The number of hydrogen-bond donors (Lipinski definition) is 1. The van der Waals surface area contributed by atoms with Gasteiger partial charge in [0.05, 0.1) is 0 Å². The van der Waals surface area contributed by atoms with Crippen LogP contribution in [0, 0.1) is 6.92 Å². The fourth-order valence-electron chi connectivity index (χ4n) is 1.80. The number of rotatable bonds is 3. The third-order valence-corrected chi connectivity index (χ3v) is 2.88. The van der Waals surface area contributed by atoms with Crippen molar-refractivity contribution in [2.24, 2.45) is 5.73 Å². The first-order valence-electron chi connectivity index (χ1n) is 5.49. The van der Waals surface area contributed by atoms with Gasteiger partial charge in [-0.2, -0.15) is 0 Å². The lowest BCUT2D eigenvalue weighted by Gasteiger charge is -2.14. The van der Waals surface area contributed by atoms with Gasteiger partial charge < -0.3 is 10.3 Å². The van der Waals surface area contributed by atoms with E-state index in [4.69, 9.17) is 5.73 Å². The Balaban J connectivity index is 2.51. The zero-order chi connectivity index (χ0) is 12.4. The highest BCUT2D eigenvalue weighted by atomic mass is 16.1. The number of carbonyl (C=O) groups is 1. The van der Waals surface area contributed by atoms with Gasteiger partial charge in [-0.25, -0.2) is 4.98 Å². The van der Waals surface area contributed by atoms with E-state index in [1.165, 1.54) is 0 Å². The highest BCUT2D eigenvalue weighted by Gasteiger charge is 2.16. The van der Waals surface area contributed by atoms with Crippen molar-refractivity contribution < 1.29 is 4.79 Å². The number of amides is 1. The van der Waals surface area contributed by atoms with Crippen molar-refractivity contribution in [2.45, 2.75) is 19.9 Å². The summed E-state index contributed by atoms with van der Waals surface area (Å²) in [7, 11) is 0. The second-order valence-corrected chi connectivity index (χ2v) is 4.05. The van der Waals surface area contributed by atoms with E-state index < -0.39 is 6.04 Å². The van der Waals surface area contributed by atoms with Crippen molar-refractivity contribution >= 4 is 5.91 Å². The molecule has 0 aliphatic heterocycles. The van der Waals surface area contributed by atoms with E-state index in [0.29, 0.717) is 0 Å². The summed E-state index contributed by atoms with van der Waals surface area (Å²) >= 11 is 0. The molecule has 0 spiro atoms. The van der Waals surface area contributed by atoms with Crippen molar-refractivity contribution in [2.75, 3.05) is 0 Å². The molecule has 1 heterocycles. The van der Waals surface area contributed by atoms with Crippen LogP contribution in [0.15, 0.2) is 36.7 Å². The summed E-state index contributed by atoms with van der Waals surface area (Å²) in [5.41, 5.74) is 7.47. The standard InChI is InChI=1S/C13H15N3O/c1-9-5-3-4-6-11(9)13-15-7-8-16(13)10(2)12(14)17/h3-8,10H,1-2H3,(H2,14,17). The lowest BCUT2D eigenvalue weighted by Crippen LogP contribution is -2.24. The van der Waals surface area contributed by atoms with Gasteiger partial charge in [0, 0.05) is 18.0 Å². The minimum atomic E-state index is -0.396. The predicted molar refractivity (Wildman–Crippen MR) is 66.3 cm³/mol. The van der Waals surface area contributed by atoms with Crippen molar-refractivity contribution in [3.05, 3.63) is 42.2 Å². The van der Waals surface area contributed by atoms with Crippen LogP contribution < -0.4 is 5.73 Å². The van der Waals surface area contributed by atoms with E-state index in [9.17, 15) is 4.79 Å². The first-order valence-corrected chi connectivity index (χ1v) is 5.49. The van der Waals surface area contributed by atoms with Crippen LogP contribution in [0.5, 0.6) is 0 Å². The quantitative estimate of drug-likeness (QED) is 0.873. The highest BCUT2D eigenvalue weighted by Crippen LogP contribution is 2.23. The average molecular weight is 229 g/mol. The lowest BCUT2D eigenvalue weighted by molar-refractivity contribution is -0.120. The van der Waals surface area contributed by atoms with Gasteiger partial charge in [-0.05, 0) is 19.4 Å². The number of benzene rings is 1. The number of aryl methyl sites for hydroxylation is 1. The second-order valence-electron chi connectivity index (χ2n) is 4.05. The molecule has 0 saturated heterocycles. The summed E-state index contributed by atoms with van der Waals surface area (Å²) in [5.74, 6) is 0.409. The number of carbonyl (C=O) groups excluding carboxylic acids is 1.